The molecule has 0 spiro atoms. The summed E-state index contributed by atoms with van der Waals surface area (Å²) in [6.45, 7) is 1.38. The zero-order chi connectivity index (χ0) is 40.4. The highest BCUT2D eigenvalue weighted by molar-refractivity contribution is 5.89. The second-order valence-corrected chi connectivity index (χ2v) is 15.6. The van der Waals surface area contributed by atoms with E-state index in [9.17, 15) is 19.2 Å². The van der Waals surface area contributed by atoms with Gasteiger partial charge >= 0.3 is 12.2 Å². The average Bonchev–Trinajstić information content (AvgIpc) is 4.09. The zero-order valence-electron chi connectivity index (χ0n) is 33.0. The van der Waals surface area contributed by atoms with Gasteiger partial charge in [-0.3, -0.25) is 9.59 Å². The molecule has 58 heavy (non-hydrogen) atoms. The Morgan fingerprint density at radius 2 is 1.74 bits per heavy atom. The van der Waals surface area contributed by atoms with Crippen LogP contribution in [0.4, 0.5) is 9.59 Å². The van der Waals surface area contributed by atoms with Crippen LogP contribution in [-0.2, 0) is 42.2 Å². The molecular formula is C43H50N8O7. The molecule has 15 heteroatoms. The van der Waals surface area contributed by atoms with Crippen molar-refractivity contribution in [2.75, 3.05) is 34.5 Å². The van der Waals surface area contributed by atoms with Gasteiger partial charge in [0, 0.05) is 75.9 Å². The van der Waals surface area contributed by atoms with Gasteiger partial charge in [-0.05, 0) is 54.9 Å². The number of carbonyl (C=O) groups is 4. The third-order valence-corrected chi connectivity index (χ3v) is 12.3. The van der Waals surface area contributed by atoms with Gasteiger partial charge in [-0.15, -0.1) is 0 Å². The molecule has 0 bridgehead atoms. The van der Waals surface area contributed by atoms with Gasteiger partial charge in [0.1, 0.15) is 23.5 Å². The Bertz CT molecular complexity index is 2220. The first kappa shape index (κ1) is 38.9. The van der Waals surface area contributed by atoms with E-state index in [-0.39, 0.29) is 36.1 Å². The van der Waals surface area contributed by atoms with E-state index >= 15 is 0 Å². The lowest BCUT2D eigenvalue weighted by molar-refractivity contribution is -0.135. The number of alkyl carbamates (subject to hydrolysis) is 2. The smallest absolute Gasteiger partial charge is 0.407 e. The van der Waals surface area contributed by atoms with E-state index in [0.29, 0.717) is 57.0 Å². The van der Waals surface area contributed by atoms with Crippen LogP contribution >= 0.6 is 0 Å². The molecule has 15 nitrogen and oxygen atoms in total. The minimum Gasteiger partial charge on any atom is -0.453 e. The van der Waals surface area contributed by atoms with Crippen LogP contribution in [0.5, 0.6) is 0 Å². The molecule has 304 valence electrons. The molecule has 3 amide bonds. The van der Waals surface area contributed by atoms with Crippen LogP contribution < -0.4 is 10.6 Å². The van der Waals surface area contributed by atoms with Crippen LogP contribution in [0.1, 0.15) is 96.3 Å². The number of aryl methyl sites for hydroxylation is 1. The summed E-state index contributed by atoms with van der Waals surface area (Å²) in [6, 6.07) is 10.8. The highest BCUT2D eigenvalue weighted by Crippen LogP contribution is 2.44. The molecule has 2 aliphatic heterocycles. The summed E-state index contributed by atoms with van der Waals surface area (Å²) in [4.78, 5) is 71.5. The number of nitrogens with zero attached hydrogens (tertiary/aromatic N) is 4. The number of allylic oxidation sites excluding steroid dienone is 4. The first-order valence-electron chi connectivity index (χ1n) is 20.0. The molecule has 1 fully saturated rings. The standard InChI is InChI=1S/C43H50N8O7/c1-56-21-16-31(47-42(55)58-3)40(53)51-19-7-10-32(51)39-45-24-35(49-39)43(17-13-27(14-18-43)26-8-5-4-6-9-26)34-23-44-38(48-34)29-22-33(52)36-30(46-41(54)57-2)12-11-28-15-20-50(25-29)37(28)36/h4-6,8-9,13-15,17,20,23-24,29-32,36H,7,10-12,16,18-19,21-22,25H2,1-3H3,(H,44,48)(H,45,49)(H,46,54)(H,47,55)/t29-,30-,31-,32-,36?,43?/m0/s1. The molecular weight excluding hydrogens is 741 g/mol. The predicted octanol–water partition coefficient (Wildman–Crippen LogP) is 5.20. The van der Waals surface area contributed by atoms with Crippen LogP contribution in [0.2, 0.25) is 0 Å². The second-order valence-electron chi connectivity index (χ2n) is 15.6. The van der Waals surface area contributed by atoms with Crippen molar-refractivity contribution in [1.82, 2.24) is 40.0 Å². The summed E-state index contributed by atoms with van der Waals surface area (Å²) in [5.41, 5.74) is 5.26. The number of amides is 3. The van der Waals surface area contributed by atoms with Gasteiger partial charge in [-0.1, -0.05) is 48.6 Å². The summed E-state index contributed by atoms with van der Waals surface area (Å²) in [6.07, 6.45) is 15.1. The maximum Gasteiger partial charge on any atom is 0.407 e. The second kappa shape index (κ2) is 16.5. The Kier molecular flexibility index (Phi) is 11.1. The van der Waals surface area contributed by atoms with Gasteiger partial charge in [0.2, 0.25) is 5.91 Å². The first-order valence-corrected chi connectivity index (χ1v) is 20.0. The van der Waals surface area contributed by atoms with Gasteiger partial charge < -0.3 is 44.3 Å². The van der Waals surface area contributed by atoms with E-state index in [1.807, 2.05) is 36.8 Å². The molecule has 5 heterocycles. The van der Waals surface area contributed by atoms with Gasteiger partial charge in [0.05, 0.1) is 43.0 Å². The largest absolute Gasteiger partial charge is 0.453 e. The van der Waals surface area contributed by atoms with Gasteiger partial charge in [-0.2, -0.15) is 0 Å². The minimum atomic E-state index is -0.811. The summed E-state index contributed by atoms with van der Waals surface area (Å²) in [5.74, 6) is 0.507. The molecule has 6 atom stereocenters. The number of benzene rings is 1. The third-order valence-electron chi connectivity index (χ3n) is 12.3. The number of H-pyrrole nitrogens is 2. The summed E-state index contributed by atoms with van der Waals surface area (Å²) in [7, 11) is 4.16. The number of ketones is 1. The number of aromatic amines is 2. The monoisotopic (exact) mass is 790 g/mol. The molecule has 3 aromatic heterocycles. The molecule has 4 aromatic rings. The number of methoxy groups -OCH3 is 3. The number of aromatic nitrogens is 5. The lowest BCUT2D eigenvalue weighted by atomic mass is 9.74. The van der Waals surface area contributed by atoms with Crippen LogP contribution in [0.15, 0.2) is 73.2 Å². The SMILES string of the molecule is COCC[C@H](NC(=O)OC)C(=O)N1CCC[C@H]1c1ncc(C2(c3cnc([C@H]4CC(=O)C5c6c(ccn6C4)CC[C@@H]5NC(=O)OC)[nH]3)C=CC(c3ccccc3)=CC2)[nH]1. The molecule has 0 saturated carbocycles. The maximum absolute atomic E-state index is 14.1. The molecule has 0 radical (unpaired) electrons. The van der Waals surface area contributed by atoms with Crippen LogP contribution in [0, 0.1) is 0 Å². The molecule has 8 rings (SSSR count). The van der Waals surface area contributed by atoms with E-state index in [1.54, 1.807) is 12.0 Å². The maximum atomic E-state index is 14.1. The lowest BCUT2D eigenvalue weighted by Gasteiger charge is -2.31. The Balaban J connectivity index is 1.10. The Morgan fingerprint density at radius 3 is 2.47 bits per heavy atom. The van der Waals surface area contributed by atoms with Crippen molar-refractivity contribution in [3.05, 3.63) is 113 Å². The van der Waals surface area contributed by atoms with Crippen LogP contribution in [0.3, 0.4) is 0 Å². The van der Waals surface area contributed by atoms with Crippen molar-refractivity contribution in [2.45, 2.75) is 86.9 Å². The van der Waals surface area contributed by atoms with E-state index in [2.05, 4.69) is 61.6 Å². The van der Waals surface area contributed by atoms with Crippen molar-refractivity contribution in [3.8, 4) is 0 Å². The quantitative estimate of drug-likeness (QED) is 0.159. The average molecular weight is 791 g/mol. The fourth-order valence-electron chi connectivity index (χ4n) is 9.29. The lowest BCUT2D eigenvalue weighted by Crippen LogP contribution is -2.49. The Hall–Kier alpha value is -5.96. The molecule has 1 aromatic carbocycles. The fraction of sp³-hybridized carbons (Fsp3) is 0.442. The van der Waals surface area contributed by atoms with Crippen molar-refractivity contribution < 1.29 is 33.4 Å². The van der Waals surface area contributed by atoms with E-state index in [4.69, 9.17) is 24.2 Å². The van der Waals surface area contributed by atoms with E-state index in [0.717, 1.165) is 46.6 Å². The number of nitrogens with one attached hydrogen (secondary N) is 4. The molecule has 4 N–H and O–H groups in total. The number of Topliss-reactive ketones (excluding diaryl/α,β-unsaturated/α-hetero) is 1. The molecule has 2 unspecified atom stereocenters. The minimum absolute atomic E-state index is 0.0607. The Labute approximate surface area is 336 Å². The molecule has 4 aliphatic rings. The number of imidazole rings is 2. The van der Waals surface area contributed by atoms with Crippen LogP contribution in [0.25, 0.3) is 5.57 Å². The number of ether oxygens (including phenoxy) is 3. The van der Waals surface area contributed by atoms with Crippen molar-refractivity contribution in [3.63, 3.8) is 0 Å². The van der Waals surface area contributed by atoms with Crippen LogP contribution in [-0.4, -0.2) is 99.8 Å². The van der Waals surface area contributed by atoms with Crippen molar-refractivity contribution in [1.29, 1.82) is 0 Å². The number of carbonyl (C=O) groups excluding carboxylic acids is 4. The fourth-order valence-corrected chi connectivity index (χ4v) is 9.29. The first-order chi connectivity index (χ1) is 28.2. The summed E-state index contributed by atoms with van der Waals surface area (Å²) < 4.78 is 17.1. The molecule has 2 aliphatic carbocycles. The summed E-state index contributed by atoms with van der Waals surface area (Å²) in [5, 5.41) is 5.61. The number of hydrogen-bond acceptors (Lipinski definition) is 9. The van der Waals surface area contributed by atoms with Gasteiger partial charge in [0.25, 0.3) is 0 Å². The summed E-state index contributed by atoms with van der Waals surface area (Å²) >= 11 is 0. The topological polar surface area (TPSA) is 186 Å². The molecule has 1 saturated heterocycles. The Morgan fingerprint density at radius 1 is 0.983 bits per heavy atom. The number of rotatable bonds is 11. The van der Waals surface area contributed by atoms with Crippen molar-refractivity contribution in [2.24, 2.45) is 0 Å². The zero-order valence-corrected chi connectivity index (χ0v) is 33.0. The highest BCUT2D eigenvalue weighted by atomic mass is 16.5. The number of likely N-dealkylation sites (tertiary alicyclic amines) is 1. The normalized spacial score (nSPS) is 24.4. The predicted molar refractivity (Wildman–Crippen MR) is 213 cm³/mol. The third kappa shape index (κ3) is 7.34. The van der Waals surface area contributed by atoms with Gasteiger partial charge in [-0.25, -0.2) is 19.6 Å². The number of hydrogen-bond donors (Lipinski definition) is 4. The van der Waals surface area contributed by atoms with E-state index < -0.39 is 29.6 Å². The van der Waals surface area contributed by atoms with Gasteiger partial charge in [0.15, 0.2) is 0 Å². The highest BCUT2D eigenvalue weighted by Gasteiger charge is 2.44. The van der Waals surface area contributed by atoms with Crippen molar-refractivity contribution >= 4 is 29.5 Å². The van der Waals surface area contributed by atoms with E-state index in [1.165, 1.54) is 14.2 Å².